The van der Waals surface area contributed by atoms with Gasteiger partial charge in [-0.3, -0.25) is 4.79 Å². The third-order valence-corrected chi connectivity index (χ3v) is 3.99. The van der Waals surface area contributed by atoms with Crippen LogP contribution in [-0.4, -0.2) is 43.5 Å². The molecule has 0 heterocycles. The van der Waals surface area contributed by atoms with Gasteiger partial charge in [0.2, 0.25) is 0 Å². The largest absolute Gasteiger partial charge is 0.493 e. The summed E-state index contributed by atoms with van der Waals surface area (Å²) in [5.41, 5.74) is 2.00. The molecule has 2 rings (SSSR count). The van der Waals surface area contributed by atoms with Gasteiger partial charge in [-0.2, -0.15) is 0 Å². The smallest absolute Gasteiger partial charge is 0.251 e. The van der Waals surface area contributed by atoms with Crippen molar-refractivity contribution in [1.82, 2.24) is 5.32 Å². The van der Waals surface area contributed by atoms with Crippen LogP contribution >= 0.6 is 0 Å². The first-order valence-electron chi connectivity index (χ1n) is 9.40. The highest BCUT2D eigenvalue weighted by Gasteiger charge is 2.15. The SMILES string of the molecule is COc1cc(CCNC(=O)C(O)COCc2ccccc2)ccc1OC(C)C. The van der Waals surface area contributed by atoms with Gasteiger partial charge in [0.15, 0.2) is 17.6 Å². The number of benzene rings is 2. The van der Waals surface area contributed by atoms with Gasteiger partial charge >= 0.3 is 0 Å². The zero-order chi connectivity index (χ0) is 20.4. The van der Waals surface area contributed by atoms with Crippen LogP contribution < -0.4 is 14.8 Å². The lowest BCUT2D eigenvalue weighted by molar-refractivity contribution is -0.132. The highest BCUT2D eigenvalue weighted by molar-refractivity contribution is 5.80. The summed E-state index contributed by atoms with van der Waals surface area (Å²) < 4.78 is 16.5. The van der Waals surface area contributed by atoms with Crippen molar-refractivity contribution in [3.8, 4) is 11.5 Å². The molecule has 1 unspecified atom stereocenters. The van der Waals surface area contributed by atoms with Crippen LogP contribution in [0.25, 0.3) is 0 Å². The van der Waals surface area contributed by atoms with E-state index in [1.54, 1.807) is 7.11 Å². The number of carbonyl (C=O) groups is 1. The first-order valence-corrected chi connectivity index (χ1v) is 9.40. The molecule has 0 saturated heterocycles. The number of aliphatic hydroxyl groups excluding tert-OH is 1. The molecule has 0 radical (unpaired) electrons. The normalized spacial score (nSPS) is 11.9. The molecule has 0 aliphatic rings. The average molecular weight is 387 g/mol. The number of ether oxygens (including phenoxy) is 3. The molecule has 2 aromatic carbocycles. The van der Waals surface area contributed by atoms with E-state index in [0.29, 0.717) is 31.1 Å². The van der Waals surface area contributed by atoms with E-state index in [9.17, 15) is 9.90 Å². The number of amides is 1. The minimum atomic E-state index is -1.19. The second-order valence-electron chi connectivity index (χ2n) is 6.71. The molecule has 0 aromatic heterocycles. The molecule has 0 fully saturated rings. The average Bonchev–Trinajstić information content (AvgIpc) is 2.69. The van der Waals surface area contributed by atoms with Crippen LogP contribution in [0.1, 0.15) is 25.0 Å². The van der Waals surface area contributed by atoms with Crippen molar-refractivity contribution < 1.29 is 24.1 Å². The van der Waals surface area contributed by atoms with Crippen molar-refractivity contribution >= 4 is 5.91 Å². The second-order valence-corrected chi connectivity index (χ2v) is 6.71. The number of carbonyl (C=O) groups excluding carboxylic acids is 1. The molecule has 0 spiro atoms. The van der Waals surface area contributed by atoms with E-state index in [1.165, 1.54) is 0 Å². The molecule has 6 heteroatoms. The van der Waals surface area contributed by atoms with E-state index < -0.39 is 12.0 Å². The highest BCUT2D eigenvalue weighted by atomic mass is 16.5. The van der Waals surface area contributed by atoms with Gasteiger partial charge in [-0.15, -0.1) is 0 Å². The summed E-state index contributed by atoms with van der Waals surface area (Å²) in [6.07, 6.45) is -0.522. The third-order valence-electron chi connectivity index (χ3n) is 3.99. The minimum absolute atomic E-state index is 0.0458. The Morgan fingerprint density at radius 3 is 2.50 bits per heavy atom. The summed E-state index contributed by atoms with van der Waals surface area (Å²) in [5.74, 6) is 0.905. The van der Waals surface area contributed by atoms with Gasteiger partial charge in [0.05, 0.1) is 26.4 Å². The van der Waals surface area contributed by atoms with E-state index in [1.807, 2.05) is 62.4 Å². The molecule has 0 bridgehead atoms. The Bertz CT molecular complexity index is 733. The Kier molecular flexibility index (Phi) is 8.78. The monoisotopic (exact) mass is 387 g/mol. The van der Waals surface area contributed by atoms with Crippen LogP contribution in [0.5, 0.6) is 11.5 Å². The van der Waals surface area contributed by atoms with Gasteiger partial charge < -0.3 is 24.6 Å². The van der Waals surface area contributed by atoms with E-state index >= 15 is 0 Å². The zero-order valence-corrected chi connectivity index (χ0v) is 16.7. The summed E-state index contributed by atoms with van der Waals surface area (Å²) in [7, 11) is 1.60. The second kappa shape index (κ2) is 11.3. The Hall–Kier alpha value is -2.57. The van der Waals surface area contributed by atoms with Gasteiger partial charge in [0, 0.05) is 6.54 Å². The Morgan fingerprint density at radius 1 is 1.07 bits per heavy atom. The van der Waals surface area contributed by atoms with Crippen molar-refractivity contribution in [2.75, 3.05) is 20.3 Å². The maximum atomic E-state index is 12.0. The molecule has 2 aromatic rings. The van der Waals surface area contributed by atoms with Gasteiger partial charge in [0.25, 0.3) is 5.91 Å². The Morgan fingerprint density at radius 2 is 1.82 bits per heavy atom. The van der Waals surface area contributed by atoms with Crippen LogP contribution in [0, 0.1) is 0 Å². The summed E-state index contributed by atoms with van der Waals surface area (Å²) >= 11 is 0. The van der Waals surface area contributed by atoms with Crippen LogP contribution in [0.2, 0.25) is 0 Å². The van der Waals surface area contributed by atoms with Crippen LogP contribution in [0.3, 0.4) is 0 Å². The molecule has 28 heavy (non-hydrogen) atoms. The molecule has 1 atom stereocenters. The Labute approximate surface area is 166 Å². The number of methoxy groups -OCH3 is 1. The van der Waals surface area contributed by atoms with E-state index in [2.05, 4.69) is 5.32 Å². The first-order chi connectivity index (χ1) is 13.5. The molecular formula is C22H29NO5. The molecule has 1 amide bonds. The molecule has 0 aliphatic carbocycles. The fraction of sp³-hybridized carbons (Fsp3) is 0.409. The van der Waals surface area contributed by atoms with Crippen molar-refractivity contribution in [3.05, 3.63) is 59.7 Å². The molecular weight excluding hydrogens is 358 g/mol. The van der Waals surface area contributed by atoms with Gasteiger partial charge in [-0.05, 0) is 43.5 Å². The fourth-order valence-electron chi connectivity index (χ4n) is 2.60. The number of aliphatic hydroxyl groups is 1. The molecule has 0 saturated carbocycles. The van der Waals surface area contributed by atoms with Crippen molar-refractivity contribution in [1.29, 1.82) is 0 Å². The van der Waals surface area contributed by atoms with Crippen molar-refractivity contribution in [3.63, 3.8) is 0 Å². The van der Waals surface area contributed by atoms with Crippen LogP contribution in [0.4, 0.5) is 0 Å². The number of hydrogen-bond donors (Lipinski definition) is 2. The molecule has 2 N–H and O–H groups in total. The van der Waals surface area contributed by atoms with Crippen molar-refractivity contribution in [2.24, 2.45) is 0 Å². The highest BCUT2D eigenvalue weighted by Crippen LogP contribution is 2.29. The predicted octanol–water partition coefficient (Wildman–Crippen LogP) is 2.72. The van der Waals surface area contributed by atoms with E-state index in [-0.39, 0.29) is 12.7 Å². The molecule has 6 nitrogen and oxygen atoms in total. The van der Waals surface area contributed by atoms with Crippen LogP contribution in [0.15, 0.2) is 48.5 Å². The predicted molar refractivity (Wildman–Crippen MR) is 108 cm³/mol. The minimum Gasteiger partial charge on any atom is -0.493 e. The standard InChI is InChI=1S/C22H29NO5/c1-16(2)28-20-10-9-17(13-21(20)26-3)11-12-23-22(25)19(24)15-27-14-18-7-5-4-6-8-18/h4-10,13,16,19,24H,11-12,14-15H2,1-3H3,(H,23,25). The van der Waals surface area contributed by atoms with Gasteiger partial charge in [-0.1, -0.05) is 36.4 Å². The van der Waals surface area contributed by atoms with Crippen molar-refractivity contribution in [2.45, 2.75) is 39.1 Å². The topological polar surface area (TPSA) is 77.0 Å². The lowest BCUT2D eigenvalue weighted by Gasteiger charge is -2.15. The quantitative estimate of drug-likeness (QED) is 0.620. The summed E-state index contributed by atoms with van der Waals surface area (Å²) in [6, 6.07) is 15.3. The Balaban J connectivity index is 1.73. The third kappa shape index (κ3) is 7.21. The lowest BCUT2D eigenvalue weighted by Crippen LogP contribution is -2.38. The lowest BCUT2D eigenvalue weighted by atomic mass is 10.1. The summed E-state index contributed by atoms with van der Waals surface area (Å²) in [5, 5.41) is 12.6. The number of nitrogens with one attached hydrogen (secondary N) is 1. The van der Waals surface area contributed by atoms with Gasteiger partial charge in [-0.25, -0.2) is 0 Å². The number of rotatable bonds is 11. The number of hydrogen-bond acceptors (Lipinski definition) is 5. The zero-order valence-electron chi connectivity index (χ0n) is 16.7. The van der Waals surface area contributed by atoms with E-state index in [4.69, 9.17) is 14.2 Å². The summed E-state index contributed by atoms with van der Waals surface area (Å²) in [6.45, 7) is 4.63. The van der Waals surface area contributed by atoms with Gasteiger partial charge in [0.1, 0.15) is 0 Å². The summed E-state index contributed by atoms with van der Waals surface area (Å²) in [4.78, 5) is 12.0. The maximum absolute atomic E-state index is 12.0. The van der Waals surface area contributed by atoms with E-state index in [0.717, 1.165) is 11.1 Å². The first kappa shape index (κ1) is 21.7. The fourth-order valence-corrected chi connectivity index (χ4v) is 2.60. The molecule has 0 aliphatic heterocycles. The maximum Gasteiger partial charge on any atom is 0.251 e. The molecule has 152 valence electrons. The van der Waals surface area contributed by atoms with Crippen LogP contribution in [-0.2, 0) is 22.6 Å².